The molecule has 0 saturated carbocycles. The van der Waals surface area contributed by atoms with E-state index in [4.69, 9.17) is 4.74 Å². The lowest BCUT2D eigenvalue weighted by molar-refractivity contribution is -0.312. The van der Waals surface area contributed by atoms with Crippen LogP contribution in [0.2, 0.25) is 0 Å². The highest BCUT2D eigenvalue weighted by atomic mass is 17.2. The lowest BCUT2D eigenvalue weighted by Gasteiger charge is -2.09. The lowest BCUT2D eigenvalue weighted by atomic mass is 10.3. The molecule has 1 aliphatic heterocycles. The number of hydrogen-bond donors (Lipinski definition) is 0. The zero-order chi connectivity index (χ0) is 10.1. The first-order chi connectivity index (χ1) is 6.13. The molecular formula is C10H22O3. The van der Waals surface area contributed by atoms with Crippen LogP contribution in [0.15, 0.2) is 0 Å². The molecule has 13 heavy (non-hydrogen) atoms. The van der Waals surface area contributed by atoms with Gasteiger partial charge in [-0.2, -0.15) is 0 Å². The van der Waals surface area contributed by atoms with Crippen molar-refractivity contribution in [3.05, 3.63) is 0 Å². The number of hydrogen-bond acceptors (Lipinski definition) is 3. The normalized spacial score (nSPS) is 17.1. The molecule has 0 aromatic rings. The molecule has 0 aliphatic carbocycles. The van der Waals surface area contributed by atoms with Gasteiger partial charge in [0.1, 0.15) is 0 Å². The summed E-state index contributed by atoms with van der Waals surface area (Å²) in [4.78, 5) is 9.14. The van der Waals surface area contributed by atoms with Gasteiger partial charge in [-0.05, 0) is 40.5 Å². The van der Waals surface area contributed by atoms with Crippen molar-refractivity contribution in [1.29, 1.82) is 0 Å². The van der Waals surface area contributed by atoms with Gasteiger partial charge in [0.25, 0.3) is 0 Å². The van der Waals surface area contributed by atoms with Gasteiger partial charge in [0.15, 0.2) is 0 Å². The van der Waals surface area contributed by atoms with Crippen LogP contribution in [0.5, 0.6) is 0 Å². The first-order valence-electron chi connectivity index (χ1n) is 5.02. The highest BCUT2D eigenvalue weighted by Crippen LogP contribution is 1.97. The van der Waals surface area contributed by atoms with Crippen molar-refractivity contribution in [2.45, 2.75) is 52.7 Å². The minimum absolute atomic E-state index is 0.375. The Hall–Kier alpha value is -0.120. The zero-order valence-corrected chi connectivity index (χ0v) is 9.21. The zero-order valence-electron chi connectivity index (χ0n) is 9.21. The molecule has 3 nitrogen and oxygen atoms in total. The Morgan fingerprint density at radius 2 is 1.23 bits per heavy atom. The van der Waals surface area contributed by atoms with Crippen molar-refractivity contribution in [2.75, 3.05) is 13.2 Å². The predicted molar refractivity (Wildman–Crippen MR) is 52.5 cm³/mol. The monoisotopic (exact) mass is 190 g/mol. The van der Waals surface area contributed by atoms with Crippen LogP contribution in [0.1, 0.15) is 40.5 Å². The standard InChI is InChI=1S/C6H14O.C4H8O2/c1-5(2)7-6(3)4;1-2-4-6-5-3-1/h5-6H,1-4H3;1-4H2. The van der Waals surface area contributed by atoms with Gasteiger partial charge in [-0.15, -0.1) is 0 Å². The van der Waals surface area contributed by atoms with Crippen molar-refractivity contribution in [3.8, 4) is 0 Å². The molecule has 0 spiro atoms. The summed E-state index contributed by atoms with van der Waals surface area (Å²) < 4.78 is 5.25. The summed E-state index contributed by atoms with van der Waals surface area (Å²) in [6, 6.07) is 0. The first-order valence-corrected chi connectivity index (χ1v) is 5.02. The maximum atomic E-state index is 5.25. The van der Waals surface area contributed by atoms with E-state index in [9.17, 15) is 0 Å². The maximum Gasteiger partial charge on any atom is 0.0823 e. The molecule has 1 aliphatic rings. The van der Waals surface area contributed by atoms with Gasteiger partial charge in [-0.3, -0.25) is 0 Å². The topological polar surface area (TPSA) is 27.7 Å². The van der Waals surface area contributed by atoms with Gasteiger partial charge in [-0.25, -0.2) is 9.78 Å². The molecule has 1 fully saturated rings. The van der Waals surface area contributed by atoms with Crippen molar-refractivity contribution in [1.82, 2.24) is 0 Å². The predicted octanol–water partition coefficient (Wildman–Crippen LogP) is 2.55. The first kappa shape index (κ1) is 12.9. The molecule has 0 unspecified atom stereocenters. The molecule has 0 radical (unpaired) electrons. The van der Waals surface area contributed by atoms with Crippen LogP contribution in [0.3, 0.4) is 0 Å². The second-order valence-electron chi connectivity index (χ2n) is 3.58. The third kappa shape index (κ3) is 11.9. The van der Waals surface area contributed by atoms with Crippen LogP contribution in [0.25, 0.3) is 0 Å². The molecule has 3 heteroatoms. The molecule has 1 saturated heterocycles. The maximum absolute atomic E-state index is 5.25. The van der Waals surface area contributed by atoms with Crippen LogP contribution < -0.4 is 0 Å². The number of ether oxygens (including phenoxy) is 1. The van der Waals surface area contributed by atoms with Gasteiger partial charge in [0, 0.05) is 0 Å². The molecule has 0 amide bonds. The van der Waals surface area contributed by atoms with Gasteiger partial charge in [0.2, 0.25) is 0 Å². The van der Waals surface area contributed by atoms with E-state index in [0.29, 0.717) is 12.2 Å². The van der Waals surface area contributed by atoms with Crippen molar-refractivity contribution < 1.29 is 14.5 Å². The Labute approximate surface area is 81.3 Å². The van der Waals surface area contributed by atoms with E-state index in [1.54, 1.807) is 0 Å². The molecule has 1 rings (SSSR count). The summed E-state index contributed by atoms with van der Waals surface area (Å²) >= 11 is 0. The Morgan fingerprint density at radius 3 is 1.31 bits per heavy atom. The summed E-state index contributed by atoms with van der Waals surface area (Å²) in [5.74, 6) is 0. The second-order valence-corrected chi connectivity index (χ2v) is 3.58. The highest BCUT2D eigenvalue weighted by Gasteiger charge is 1.96. The molecule has 80 valence electrons. The molecule has 0 aromatic heterocycles. The Bertz CT molecular complexity index is 80.8. The van der Waals surface area contributed by atoms with Crippen LogP contribution in [0.4, 0.5) is 0 Å². The van der Waals surface area contributed by atoms with E-state index in [2.05, 4.69) is 9.78 Å². The molecule has 0 bridgehead atoms. The average molecular weight is 190 g/mol. The van der Waals surface area contributed by atoms with E-state index in [1.165, 1.54) is 0 Å². The fourth-order valence-electron chi connectivity index (χ4n) is 0.984. The molecular weight excluding hydrogens is 168 g/mol. The SMILES string of the molecule is C1CCOOC1.CC(C)OC(C)C. The Balaban J connectivity index is 0.000000223. The van der Waals surface area contributed by atoms with Crippen molar-refractivity contribution in [3.63, 3.8) is 0 Å². The highest BCUT2D eigenvalue weighted by molar-refractivity contribution is 4.40. The third-order valence-electron chi connectivity index (χ3n) is 1.33. The van der Waals surface area contributed by atoms with E-state index < -0.39 is 0 Å². The summed E-state index contributed by atoms with van der Waals surface area (Å²) in [5, 5.41) is 0. The van der Waals surface area contributed by atoms with E-state index in [-0.39, 0.29) is 0 Å². The Kier molecular flexibility index (Phi) is 8.40. The van der Waals surface area contributed by atoms with E-state index >= 15 is 0 Å². The summed E-state index contributed by atoms with van der Waals surface area (Å²) in [5.41, 5.74) is 0. The largest absolute Gasteiger partial charge is 0.376 e. The van der Waals surface area contributed by atoms with Gasteiger partial charge >= 0.3 is 0 Å². The quantitative estimate of drug-likeness (QED) is 0.626. The van der Waals surface area contributed by atoms with E-state index in [1.807, 2.05) is 27.7 Å². The molecule has 0 aromatic carbocycles. The second kappa shape index (κ2) is 8.48. The fraction of sp³-hybridized carbons (Fsp3) is 1.00. The lowest BCUT2D eigenvalue weighted by Crippen LogP contribution is -2.09. The van der Waals surface area contributed by atoms with Crippen LogP contribution in [-0.2, 0) is 14.5 Å². The molecule has 1 heterocycles. The van der Waals surface area contributed by atoms with Crippen molar-refractivity contribution in [2.24, 2.45) is 0 Å². The van der Waals surface area contributed by atoms with Crippen LogP contribution >= 0.6 is 0 Å². The molecule has 0 atom stereocenters. The smallest absolute Gasteiger partial charge is 0.0823 e. The number of rotatable bonds is 2. The van der Waals surface area contributed by atoms with Gasteiger partial charge < -0.3 is 4.74 Å². The third-order valence-corrected chi connectivity index (χ3v) is 1.33. The minimum Gasteiger partial charge on any atom is -0.376 e. The van der Waals surface area contributed by atoms with Crippen LogP contribution in [-0.4, -0.2) is 25.4 Å². The summed E-state index contributed by atoms with van der Waals surface area (Å²) in [7, 11) is 0. The minimum atomic E-state index is 0.375. The molecule has 0 N–H and O–H groups in total. The van der Waals surface area contributed by atoms with Gasteiger partial charge in [0.05, 0.1) is 25.4 Å². The van der Waals surface area contributed by atoms with Crippen molar-refractivity contribution >= 4 is 0 Å². The van der Waals surface area contributed by atoms with E-state index in [0.717, 1.165) is 26.1 Å². The summed E-state index contributed by atoms with van der Waals surface area (Å²) in [6.45, 7) is 9.72. The van der Waals surface area contributed by atoms with Gasteiger partial charge in [-0.1, -0.05) is 0 Å². The summed E-state index contributed by atoms with van der Waals surface area (Å²) in [6.07, 6.45) is 3.06. The fourth-order valence-corrected chi connectivity index (χ4v) is 0.984. The Morgan fingerprint density at radius 1 is 0.846 bits per heavy atom. The average Bonchev–Trinajstić information content (AvgIpc) is 2.06. The van der Waals surface area contributed by atoms with Crippen LogP contribution in [0, 0.1) is 0 Å².